The molecule has 148 valence electrons. The van der Waals surface area contributed by atoms with Crippen molar-refractivity contribution in [3.63, 3.8) is 0 Å². The molecule has 0 fully saturated rings. The molecule has 3 heterocycles. The van der Waals surface area contributed by atoms with E-state index in [1.807, 2.05) is 32.0 Å². The van der Waals surface area contributed by atoms with Crippen molar-refractivity contribution in [2.75, 3.05) is 6.61 Å². The highest BCUT2D eigenvalue weighted by atomic mass is 35.5. The molecule has 1 aliphatic rings. The number of para-hydroxylation sites is 1. The van der Waals surface area contributed by atoms with Crippen LogP contribution in [0, 0.1) is 6.92 Å². The number of esters is 1. The molecule has 0 atom stereocenters. The molecule has 0 amide bonds. The molecule has 0 radical (unpaired) electrons. The van der Waals surface area contributed by atoms with E-state index in [0.29, 0.717) is 12.3 Å². The lowest BCUT2D eigenvalue weighted by molar-refractivity contribution is 0.0519. The Hall–Kier alpha value is -2.85. The van der Waals surface area contributed by atoms with Crippen LogP contribution >= 0.6 is 12.4 Å². The molecule has 0 saturated heterocycles. The van der Waals surface area contributed by atoms with Crippen molar-refractivity contribution in [2.24, 2.45) is 0 Å². The fraction of sp³-hybridized carbons (Fsp3) is 0.250. The maximum Gasteiger partial charge on any atom is 0.357 e. The van der Waals surface area contributed by atoms with E-state index in [0.717, 1.165) is 47.1 Å². The number of halogens is 1. The van der Waals surface area contributed by atoms with Crippen LogP contribution < -0.4 is 0 Å². The summed E-state index contributed by atoms with van der Waals surface area (Å²) in [6.45, 7) is 5.12. The highest BCUT2D eigenvalue weighted by molar-refractivity contribution is 6.16. The minimum absolute atomic E-state index is 0. The second-order valence-corrected chi connectivity index (χ2v) is 7.31. The highest BCUT2D eigenvalue weighted by Gasteiger charge is 2.26. The first-order valence-corrected chi connectivity index (χ1v) is 9.87. The number of carbonyl (C=O) groups excluding carboxylic acids is 1. The molecule has 0 N–H and O–H groups in total. The third-order valence-corrected chi connectivity index (χ3v) is 5.69. The van der Waals surface area contributed by atoms with Crippen molar-refractivity contribution in [3.8, 4) is 11.3 Å². The van der Waals surface area contributed by atoms with Crippen LogP contribution in [0.3, 0.4) is 0 Å². The van der Waals surface area contributed by atoms with E-state index < -0.39 is 0 Å². The molecular weight excluding hydrogens is 384 g/mol. The number of aryl methyl sites for hydroxylation is 3. The van der Waals surface area contributed by atoms with E-state index in [2.05, 4.69) is 34.9 Å². The third kappa shape index (κ3) is 2.90. The number of aromatic nitrogens is 2. The van der Waals surface area contributed by atoms with Crippen LogP contribution in [0.4, 0.5) is 0 Å². The van der Waals surface area contributed by atoms with Gasteiger partial charge in [0.05, 0.1) is 23.3 Å². The van der Waals surface area contributed by atoms with Gasteiger partial charge in [0.15, 0.2) is 5.69 Å². The second kappa shape index (κ2) is 7.53. The summed E-state index contributed by atoms with van der Waals surface area (Å²) in [5.74, 6) is -0.356. The number of nitrogens with zero attached hydrogens (tertiary/aromatic N) is 2. The van der Waals surface area contributed by atoms with Gasteiger partial charge in [0.1, 0.15) is 0 Å². The van der Waals surface area contributed by atoms with Gasteiger partial charge in [0.25, 0.3) is 0 Å². The third-order valence-electron chi connectivity index (χ3n) is 5.69. The summed E-state index contributed by atoms with van der Waals surface area (Å²) in [5, 5.41) is 2.32. The Morgan fingerprint density at radius 1 is 1.10 bits per heavy atom. The van der Waals surface area contributed by atoms with E-state index in [9.17, 15) is 4.79 Å². The number of hydrogen-bond donors (Lipinski definition) is 0. The Balaban J connectivity index is 0.00000205. The van der Waals surface area contributed by atoms with Crippen LogP contribution in [0.5, 0.6) is 0 Å². The van der Waals surface area contributed by atoms with Crippen LogP contribution in [-0.4, -0.2) is 22.1 Å². The lowest BCUT2D eigenvalue weighted by Gasteiger charge is -2.17. The van der Waals surface area contributed by atoms with Crippen molar-refractivity contribution in [2.45, 2.75) is 33.2 Å². The summed E-state index contributed by atoms with van der Waals surface area (Å²) in [4.78, 5) is 17.5. The fourth-order valence-electron chi connectivity index (χ4n) is 4.53. The van der Waals surface area contributed by atoms with Gasteiger partial charge in [-0.15, -0.1) is 12.4 Å². The van der Waals surface area contributed by atoms with Gasteiger partial charge in [-0.05, 0) is 37.8 Å². The predicted molar refractivity (Wildman–Crippen MR) is 119 cm³/mol. The van der Waals surface area contributed by atoms with Gasteiger partial charge < -0.3 is 9.30 Å². The average molecular weight is 407 g/mol. The van der Waals surface area contributed by atoms with Crippen molar-refractivity contribution < 1.29 is 9.53 Å². The normalized spacial score (nSPS) is 12.8. The Morgan fingerprint density at radius 2 is 1.90 bits per heavy atom. The largest absolute Gasteiger partial charge is 0.461 e. The quantitative estimate of drug-likeness (QED) is 0.409. The average Bonchev–Trinajstić information content (AvgIpc) is 3.07. The van der Waals surface area contributed by atoms with Crippen LogP contribution in [0.15, 0.2) is 48.5 Å². The predicted octanol–water partition coefficient (Wildman–Crippen LogP) is 5.71. The van der Waals surface area contributed by atoms with Crippen LogP contribution in [-0.2, 0) is 17.7 Å². The molecule has 0 aliphatic carbocycles. The first kappa shape index (κ1) is 19.5. The standard InChI is InChI=1S/C24H22N2O2.ClH/c1-3-28-24(27)20-15(2)19-18-13-7-11-17-12-8-14-26(22(17)18)23(19)21(25-20)16-9-5-4-6-10-16;/h4-7,9-11,13H,3,8,12,14H2,1-2H3;1H. The number of ether oxygens (including phenoxy) is 1. The lowest BCUT2D eigenvalue weighted by Crippen LogP contribution is -2.12. The zero-order valence-electron chi connectivity index (χ0n) is 16.6. The maximum atomic E-state index is 12.7. The molecule has 2 aromatic heterocycles. The molecule has 0 bridgehead atoms. The second-order valence-electron chi connectivity index (χ2n) is 7.31. The number of pyridine rings is 1. The molecule has 29 heavy (non-hydrogen) atoms. The molecule has 0 unspecified atom stereocenters. The van der Waals surface area contributed by atoms with Crippen LogP contribution in [0.1, 0.15) is 35.0 Å². The molecule has 4 aromatic rings. The molecule has 5 heteroatoms. The Bertz CT molecular complexity index is 1230. The molecule has 5 rings (SSSR count). The first-order chi connectivity index (χ1) is 13.7. The maximum absolute atomic E-state index is 12.7. The van der Waals surface area contributed by atoms with Gasteiger partial charge in [0.2, 0.25) is 0 Å². The van der Waals surface area contributed by atoms with Gasteiger partial charge in [0, 0.05) is 22.9 Å². The van der Waals surface area contributed by atoms with Crippen LogP contribution in [0.25, 0.3) is 33.1 Å². The molecule has 2 aromatic carbocycles. The monoisotopic (exact) mass is 406 g/mol. The Labute approximate surface area is 175 Å². The zero-order valence-corrected chi connectivity index (χ0v) is 17.4. The lowest BCUT2D eigenvalue weighted by atomic mass is 10.0. The molecular formula is C24H23ClN2O2. The van der Waals surface area contributed by atoms with E-state index in [1.54, 1.807) is 0 Å². The van der Waals surface area contributed by atoms with Gasteiger partial charge >= 0.3 is 5.97 Å². The number of fused-ring (bicyclic) bond motifs is 3. The molecule has 1 aliphatic heterocycles. The Kier molecular flexibility index (Phi) is 5.05. The van der Waals surface area contributed by atoms with E-state index in [-0.39, 0.29) is 18.4 Å². The number of carbonyl (C=O) groups is 1. The summed E-state index contributed by atoms with van der Waals surface area (Å²) in [5.41, 5.74) is 6.96. The van der Waals surface area contributed by atoms with Crippen LogP contribution in [0.2, 0.25) is 0 Å². The van der Waals surface area contributed by atoms with Gasteiger partial charge in [-0.25, -0.2) is 9.78 Å². The fourth-order valence-corrected chi connectivity index (χ4v) is 4.53. The SMILES string of the molecule is CCOC(=O)c1nc(-c2ccccc2)c2c(c1C)c1cccc3c1n2CCC3.Cl. The highest BCUT2D eigenvalue weighted by Crippen LogP contribution is 2.41. The van der Waals surface area contributed by atoms with E-state index in [1.165, 1.54) is 16.5 Å². The Morgan fingerprint density at radius 3 is 2.66 bits per heavy atom. The summed E-state index contributed by atoms with van der Waals surface area (Å²) in [6.07, 6.45) is 2.20. The van der Waals surface area contributed by atoms with Crippen molar-refractivity contribution in [3.05, 3.63) is 65.4 Å². The first-order valence-electron chi connectivity index (χ1n) is 9.87. The van der Waals surface area contributed by atoms with Gasteiger partial charge in [-0.1, -0.05) is 48.5 Å². The van der Waals surface area contributed by atoms with E-state index in [4.69, 9.17) is 9.72 Å². The number of hydrogen-bond acceptors (Lipinski definition) is 3. The summed E-state index contributed by atoms with van der Waals surface area (Å²) in [6, 6.07) is 16.6. The minimum atomic E-state index is -0.356. The van der Waals surface area contributed by atoms with E-state index >= 15 is 0 Å². The molecule has 0 saturated carbocycles. The minimum Gasteiger partial charge on any atom is -0.461 e. The summed E-state index contributed by atoms with van der Waals surface area (Å²) >= 11 is 0. The van der Waals surface area contributed by atoms with Crippen molar-refractivity contribution in [1.29, 1.82) is 0 Å². The van der Waals surface area contributed by atoms with Gasteiger partial charge in [-0.2, -0.15) is 0 Å². The number of rotatable bonds is 3. The number of benzene rings is 2. The van der Waals surface area contributed by atoms with Gasteiger partial charge in [-0.3, -0.25) is 0 Å². The van der Waals surface area contributed by atoms with Crippen molar-refractivity contribution >= 4 is 40.2 Å². The topological polar surface area (TPSA) is 44.1 Å². The molecule has 4 nitrogen and oxygen atoms in total. The smallest absolute Gasteiger partial charge is 0.357 e. The zero-order chi connectivity index (χ0) is 19.3. The summed E-state index contributed by atoms with van der Waals surface area (Å²) in [7, 11) is 0. The molecule has 0 spiro atoms. The summed E-state index contributed by atoms with van der Waals surface area (Å²) < 4.78 is 7.73. The van der Waals surface area contributed by atoms with Crippen molar-refractivity contribution in [1.82, 2.24) is 9.55 Å².